The Labute approximate surface area is 161 Å². The number of rotatable bonds is 6. The Hall–Kier alpha value is -3.25. The molecule has 1 N–H and O–H groups in total. The molecule has 27 heavy (non-hydrogen) atoms. The first-order chi connectivity index (χ1) is 13.1. The van der Waals surface area contributed by atoms with E-state index in [1.165, 1.54) is 13.3 Å². The molecule has 1 aromatic heterocycles. The first kappa shape index (κ1) is 18.5. The molecule has 0 aliphatic heterocycles. The Balaban J connectivity index is 1.67. The first-order valence-corrected chi connectivity index (χ1v) is 8.39. The van der Waals surface area contributed by atoms with Crippen LogP contribution in [0.15, 0.2) is 64.1 Å². The van der Waals surface area contributed by atoms with Crippen LogP contribution in [0.3, 0.4) is 0 Å². The van der Waals surface area contributed by atoms with Gasteiger partial charge < -0.3 is 13.9 Å². The van der Waals surface area contributed by atoms with Crippen molar-refractivity contribution in [3.8, 4) is 22.8 Å². The molecule has 0 bridgehead atoms. The van der Waals surface area contributed by atoms with Gasteiger partial charge in [-0.3, -0.25) is 4.79 Å². The molecule has 1 heterocycles. The number of halogens is 1. The summed E-state index contributed by atoms with van der Waals surface area (Å²) in [5.74, 6) is 1.76. The maximum absolute atomic E-state index is 12.3. The third kappa shape index (κ3) is 4.48. The molecule has 138 valence electrons. The zero-order valence-electron chi connectivity index (χ0n) is 14.7. The molecule has 1 amide bonds. The highest BCUT2D eigenvalue weighted by atomic mass is 35.5. The van der Waals surface area contributed by atoms with Gasteiger partial charge in [0.2, 0.25) is 0 Å². The van der Waals surface area contributed by atoms with Gasteiger partial charge in [-0.1, -0.05) is 11.6 Å². The molecule has 2 aromatic carbocycles. The molecular weight excluding hydrogens is 368 g/mol. The number of amides is 1. The Morgan fingerprint density at radius 3 is 2.56 bits per heavy atom. The van der Waals surface area contributed by atoms with E-state index in [0.717, 1.165) is 5.56 Å². The molecule has 3 aromatic rings. The molecule has 0 spiro atoms. The first-order valence-electron chi connectivity index (χ1n) is 8.02. The van der Waals surface area contributed by atoms with E-state index in [4.69, 9.17) is 25.5 Å². The van der Waals surface area contributed by atoms with Crippen LogP contribution in [0.5, 0.6) is 11.5 Å². The highest BCUT2D eigenvalue weighted by molar-refractivity contribution is 6.30. The SMILES string of the molecule is COc1ccc(C(=O)N/N=C\c2ccc(-c3ccc(Cl)cc3)o2)c(OC)c1. The van der Waals surface area contributed by atoms with E-state index >= 15 is 0 Å². The molecule has 0 aliphatic rings. The largest absolute Gasteiger partial charge is 0.497 e. The van der Waals surface area contributed by atoms with Crippen LogP contribution in [0.1, 0.15) is 16.1 Å². The topological polar surface area (TPSA) is 73.1 Å². The van der Waals surface area contributed by atoms with Gasteiger partial charge in [0.05, 0.1) is 26.0 Å². The molecule has 0 fully saturated rings. The minimum absolute atomic E-state index is 0.344. The van der Waals surface area contributed by atoms with Crippen molar-refractivity contribution in [2.45, 2.75) is 0 Å². The lowest BCUT2D eigenvalue weighted by molar-refractivity contribution is 0.0952. The maximum atomic E-state index is 12.3. The Morgan fingerprint density at radius 2 is 1.85 bits per heavy atom. The second-order valence-electron chi connectivity index (χ2n) is 5.47. The van der Waals surface area contributed by atoms with Crippen molar-refractivity contribution in [3.63, 3.8) is 0 Å². The highest BCUT2D eigenvalue weighted by Crippen LogP contribution is 2.25. The normalized spacial score (nSPS) is 10.8. The van der Waals surface area contributed by atoms with Gasteiger partial charge in [0.1, 0.15) is 23.0 Å². The van der Waals surface area contributed by atoms with E-state index in [1.807, 2.05) is 18.2 Å². The highest BCUT2D eigenvalue weighted by Gasteiger charge is 2.12. The van der Waals surface area contributed by atoms with Crippen molar-refractivity contribution < 1.29 is 18.7 Å². The predicted molar refractivity (Wildman–Crippen MR) is 104 cm³/mol. The van der Waals surface area contributed by atoms with Gasteiger partial charge in [0, 0.05) is 16.7 Å². The lowest BCUT2D eigenvalue weighted by Crippen LogP contribution is -2.18. The summed E-state index contributed by atoms with van der Waals surface area (Å²) < 4.78 is 16.0. The van der Waals surface area contributed by atoms with E-state index in [0.29, 0.717) is 33.6 Å². The Bertz CT molecular complexity index is 964. The minimum atomic E-state index is -0.407. The molecule has 0 saturated carbocycles. The number of hydrogen-bond acceptors (Lipinski definition) is 5. The third-order valence-corrected chi connectivity index (χ3v) is 4.02. The lowest BCUT2D eigenvalue weighted by atomic mass is 10.2. The maximum Gasteiger partial charge on any atom is 0.275 e. The number of carbonyl (C=O) groups excluding carboxylic acids is 1. The summed E-state index contributed by atoms with van der Waals surface area (Å²) in [5, 5.41) is 4.59. The molecule has 0 unspecified atom stereocenters. The smallest absolute Gasteiger partial charge is 0.275 e. The summed E-state index contributed by atoms with van der Waals surface area (Å²) in [5.41, 5.74) is 3.69. The van der Waals surface area contributed by atoms with E-state index in [9.17, 15) is 4.79 Å². The zero-order valence-corrected chi connectivity index (χ0v) is 15.5. The summed E-state index contributed by atoms with van der Waals surface area (Å²) in [6, 6.07) is 15.8. The Morgan fingerprint density at radius 1 is 1.07 bits per heavy atom. The molecule has 0 radical (unpaired) electrons. The quantitative estimate of drug-likeness (QED) is 0.505. The number of nitrogens with one attached hydrogen (secondary N) is 1. The number of hydrogen-bond donors (Lipinski definition) is 1. The second kappa shape index (κ2) is 8.42. The lowest BCUT2D eigenvalue weighted by Gasteiger charge is -2.08. The van der Waals surface area contributed by atoms with Crippen molar-refractivity contribution >= 4 is 23.7 Å². The fourth-order valence-corrected chi connectivity index (χ4v) is 2.52. The van der Waals surface area contributed by atoms with Crippen molar-refractivity contribution in [1.29, 1.82) is 0 Å². The number of benzene rings is 2. The summed E-state index contributed by atoms with van der Waals surface area (Å²) in [4.78, 5) is 12.3. The molecule has 0 aliphatic carbocycles. The van der Waals surface area contributed by atoms with Crippen LogP contribution >= 0.6 is 11.6 Å². The monoisotopic (exact) mass is 384 g/mol. The zero-order chi connectivity index (χ0) is 19.2. The van der Waals surface area contributed by atoms with Gasteiger partial charge in [0.15, 0.2) is 0 Å². The number of ether oxygens (including phenoxy) is 2. The van der Waals surface area contributed by atoms with Gasteiger partial charge in [0.25, 0.3) is 5.91 Å². The molecule has 0 atom stereocenters. The van der Waals surface area contributed by atoms with Crippen LogP contribution in [0.4, 0.5) is 0 Å². The van der Waals surface area contributed by atoms with Crippen molar-refractivity contribution in [3.05, 3.63) is 70.9 Å². The van der Waals surface area contributed by atoms with Crippen molar-refractivity contribution in [2.75, 3.05) is 14.2 Å². The number of carbonyl (C=O) groups is 1. The minimum Gasteiger partial charge on any atom is -0.497 e. The summed E-state index contributed by atoms with van der Waals surface area (Å²) in [7, 11) is 3.02. The van der Waals surface area contributed by atoms with E-state index in [2.05, 4.69) is 10.5 Å². The van der Waals surface area contributed by atoms with Crippen LogP contribution in [0, 0.1) is 0 Å². The Kier molecular flexibility index (Phi) is 5.78. The number of hydrazone groups is 1. The van der Waals surface area contributed by atoms with Gasteiger partial charge in [-0.2, -0.15) is 5.10 Å². The molecular formula is C20H17ClN2O4. The fraction of sp³-hybridized carbons (Fsp3) is 0.100. The van der Waals surface area contributed by atoms with Crippen LogP contribution in [-0.4, -0.2) is 26.3 Å². The summed E-state index contributed by atoms with van der Waals surface area (Å²) in [6.45, 7) is 0. The summed E-state index contributed by atoms with van der Waals surface area (Å²) >= 11 is 5.88. The van der Waals surface area contributed by atoms with Crippen LogP contribution in [0.2, 0.25) is 5.02 Å². The molecule has 3 rings (SSSR count). The fourth-order valence-electron chi connectivity index (χ4n) is 2.39. The molecule has 7 heteroatoms. The standard InChI is InChI=1S/C20H17ClN2O4/c1-25-15-7-9-17(19(11-15)26-2)20(24)23-22-12-16-8-10-18(27-16)13-3-5-14(21)6-4-13/h3-12H,1-2H3,(H,23,24)/b22-12-. The van der Waals surface area contributed by atoms with Crippen molar-refractivity contribution in [2.24, 2.45) is 5.10 Å². The summed E-state index contributed by atoms with van der Waals surface area (Å²) in [6.07, 6.45) is 1.42. The van der Waals surface area contributed by atoms with Gasteiger partial charge >= 0.3 is 0 Å². The number of nitrogens with zero attached hydrogens (tertiary/aromatic N) is 1. The molecule has 6 nitrogen and oxygen atoms in total. The second-order valence-corrected chi connectivity index (χ2v) is 5.91. The molecule has 0 saturated heterocycles. The van der Waals surface area contributed by atoms with Gasteiger partial charge in [-0.25, -0.2) is 5.43 Å². The van der Waals surface area contributed by atoms with E-state index in [1.54, 1.807) is 43.5 Å². The number of furan rings is 1. The average Bonchev–Trinajstić information content (AvgIpc) is 3.16. The predicted octanol–water partition coefficient (Wildman–Crippen LogP) is 4.38. The van der Waals surface area contributed by atoms with E-state index in [-0.39, 0.29) is 0 Å². The third-order valence-electron chi connectivity index (χ3n) is 3.77. The van der Waals surface area contributed by atoms with Gasteiger partial charge in [-0.05, 0) is 48.5 Å². The van der Waals surface area contributed by atoms with Crippen LogP contribution < -0.4 is 14.9 Å². The van der Waals surface area contributed by atoms with Gasteiger partial charge in [-0.15, -0.1) is 0 Å². The van der Waals surface area contributed by atoms with Crippen molar-refractivity contribution in [1.82, 2.24) is 5.43 Å². The van der Waals surface area contributed by atoms with Crippen LogP contribution in [-0.2, 0) is 0 Å². The average molecular weight is 385 g/mol. The van der Waals surface area contributed by atoms with Crippen LogP contribution in [0.25, 0.3) is 11.3 Å². The number of methoxy groups -OCH3 is 2. The van der Waals surface area contributed by atoms with E-state index < -0.39 is 5.91 Å².